The van der Waals surface area contributed by atoms with Crippen molar-refractivity contribution in [1.82, 2.24) is 14.9 Å². The minimum Gasteiger partial charge on any atom is -0.465 e. The van der Waals surface area contributed by atoms with E-state index >= 15 is 0 Å². The van der Waals surface area contributed by atoms with Crippen LogP contribution in [-0.4, -0.2) is 42.4 Å². The van der Waals surface area contributed by atoms with Crippen LogP contribution in [0.3, 0.4) is 0 Å². The van der Waals surface area contributed by atoms with E-state index in [2.05, 4.69) is 25.7 Å². The molecule has 0 unspecified atom stereocenters. The molecule has 2 atom stereocenters. The lowest BCUT2D eigenvalue weighted by molar-refractivity contribution is 0.0600. The summed E-state index contributed by atoms with van der Waals surface area (Å²) >= 11 is 5.89. The van der Waals surface area contributed by atoms with Gasteiger partial charge in [0, 0.05) is 23.3 Å². The lowest BCUT2D eigenvalue weighted by Crippen LogP contribution is -2.29. The fourth-order valence-electron chi connectivity index (χ4n) is 5.47. The molecule has 1 aliphatic heterocycles. The number of rotatable bonds is 7. The zero-order chi connectivity index (χ0) is 29.5. The lowest BCUT2D eigenvalue weighted by Gasteiger charge is -2.29. The molecule has 1 aliphatic rings. The number of para-hydroxylation sites is 1. The van der Waals surface area contributed by atoms with Crippen molar-refractivity contribution in [2.24, 2.45) is 0 Å². The van der Waals surface area contributed by atoms with E-state index in [4.69, 9.17) is 17.0 Å². The maximum Gasteiger partial charge on any atom is 0.339 e. The van der Waals surface area contributed by atoms with Crippen molar-refractivity contribution in [3.63, 3.8) is 0 Å². The minimum absolute atomic E-state index is 0.275. The molecule has 0 radical (unpaired) electrons. The van der Waals surface area contributed by atoms with Crippen LogP contribution in [0.5, 0.6) is 0 Å². The highest BCUT2D eigenvalue weighted by molar-refractivity contribution is 7.92. The van der Waals surface area contributed by atoms with Gasteiger partial charge in [-0.25, -0.2) is 13.2 Å². The molecule has 0 spiro atoms. The standard InChI is InChI=1S/C30H31N5O4S2/c1-18-16-21(13-14-24(18)33-41(5,37)38)35-28(27(32-30(35)40)25-11-8-9-15-31-25)23-17-19(2)34(20(23)3)26-12-7-6-10-22(26)29(36)39-4/h6-17,27-28,33H,1-5H3,(H,32,40)/t27-,28+/m1/s1. The van der Waals surface area contributed by atoms with Crippen molar-refractivity contribution < 1.29 is 17.9 Å². The Morgan fingerprint density at radius 3 is 2.44 bits per heavy atom. The first kappa shape index (κ1) is 28.3. The van der Waals surface area contributed by atoms with Gasteiger partial charge in [0.05, 0.1) is 48.1 Å². The van der Waals surface area contributed by atoms with Crippen LogP contribution in [0.15, 0.2) is 72.9 Å². The number of aryl methyl sites for hydroxylation is 2. The average Bonchev–Trinajstić information content (AvgIpc) is 3.43. The number of carbonyl (C=O) groups is 1. The number of benzene rings is 2. The second-order valence-corrected chi connectivity index (χ2v) is 12.2. The summed E-state index contributed by atoms with van der Waals surface area (Å²) < 4.78 is 33.4. The van der Waals surface area contributed by atoms with Gasteiger partial charge >= 0.3 is 5.97 Å². The molecule has 2 aromatic carbocycles. The van der Waals surface area contributed by atoms with Crippen LogP contribution in [0.2, 0.25) is 0 Å². The third-order valence-corrected chi connectivity index (χ3v) is 8.13. The number of aromatic nitrogens is 2. The van der Waals surface area contributed by atoms with E-state index in [1.165, 1.54) is 7.11 Å². The topological polar surface area (TPSA) is 106 Å². The van der Waals surface area contributed by atoms with Crippen LogP contribution in [0.1, 0.15) is 50.7 Å². The number of nitrogens with zero attached hydrogens (tertiary/aromatic N) is 3. The van der Waals surface area contributed by atoms with Crippen molar-refractivity contribution in [2.45, 2.75) is 32.9 Å². The van der Waals surface area contributed by atoms with Crippen molar-refractivity contribution in [1.29, 1.82) is 0 Å². The van der Waals surface area contributed by atoms with Gasteiger partial charge in [0.25, 0.3) is 0 Å². The Hall–Kier alpha value is -4.22. The Bertz CT molecular complexity index is 1750. The Kier molecular flexibility index (Phi) is 7.58. The van der Waals surface area contributed by atoms with Crippen LogP contribution < -0.4 is 14.9 Å². The van der Waals surface area contributed by atoms with E-state index in [1.807, 2.05) is 74.2 Å². The second-order valence-electron chi connectivity index (χ2n) is 10.0. The largest absolute Gasteiger partial charge is 0.465 e. The number of methoxy groups -OCH3 is 1. The number of anilines is 2. The molecule has 0 amide bonds. The van der Waals surface area contributed by atoms with Gasteiger partial charge in [-0.2, -0.15) is 0 Å². The molecule has 3 heterocycles. The summed E-state index contributed by atoms with van der Waals surface area (Å²) in [7, 11) is -2.06. The van der Waals surface area contributed by atoms with Crippen LogP contribution in [-0.2, 0) is 14.8 Å². The minimum atomic E-state index is -3.43. The molecule has 2 N–H and O–H groups in total. The van der Waals surface area contributed by atoms with Crippen molar-refractivity contribution in [3.8, 4) is 5.69 Å². The van der Waals surface area contributed by atoms with E-state index in [1.54, 1.807) is 18.3 Å². The van der Waals surface area contributed by atoms with Gasteiger partial charge < -0.3 is 19.5 Å². The zero-order valence-electron chi connectivity index (χ0n) is 23.4. The molecular weight excluding hydrogens is 558 g/mol. The number of hydrogen-bond acceptors (Lipinski definition) is 6. The molecule has 11 heteroatoms. The Morgan fingerprint density at radius 1 is 1.05 bits per heavy atom. The van der Waals surface area contributed by atoms with E-state index in [0.29, 0.717) is 16.4 Å². The lowest BCUT2D eigenvalue weighted by atomic mass is 9.96. The predicted octanol–water partition coefficient (Wildman–Crippen LogP) is 5.13. The first-order valence-corrected chi connectivity index (χ1v) is 15.3. The van der Waals surface area contributed by atoms with Crippen LogP contribution in [0.25, 0.3) is 5.69 Å². The van der Waals surface area contributed by atoms with Crippen molar-refractivity contribution >= 4 is 44.7 Å². The summed E-state index contributed by atoms with van der Waals surface area (Å²) in [5.74, 6) is -0.412. The highest BCUT2D eigenvalue weighted by atomic mass is 32.2. The van der Waals surface area contributed by atoms with E-state index in [0.717, 1.165) is 45.8 Å². The molecule has 4 aromatic rings. The van der Waals surface area contributed by atoms with Crippen LogP contribution >= 0.6 is 12.2 Å². The molecule has 2 aromatic heterocycles. The van der Waals surface area contributed by atoms with Crippen molar-refractivity contribution in [3.05, 3.63) is 107 Å². The first-order valence-electron chi connectivity index (χ1n) is 13.0. The number of thiocarbonyl (C=S) groups is 1. The maximum atomic E-state index is 12.6. The molecule has 212 valence electrons. The summed E-state index contributed by atoms with van der Waals surface area (Å²) in [6.07, 6.45) is 2.88. The van der Waals surface area contributed by atoms with Crippen molar-refractivity contribution in [2.75, 3.05) is 23.0 Å². The Morgan fingerprint density at radius 2 is 1.78 bits per heavy atom. The quantitative estimate of drug-likeness (QED) is 0.226. The van der Waals surface area contributed by atoms with Gasteiger partial charge in [0.2, 0.25) is 10.0 Å². The number of hydrogen-bond donors (Lipinski definition) is 2. The number of carbonyl (C=O) groups excluding carboxylic acids is 1. The molecule has 0 aliphatic carbocycles. The summed E-state index contributed by atoms with van der Waals surface area (Å²) in [6.45, 7) is 5.88. The summed E-state index contributed by atoms with van der Waals surface area (Å²) in [4.78, 5) is 19.3. The van der Waals surface area contributed by atoms with Gasteiger partial charge in [-0.05, 0) is 92.6 Å². The van der Waals surface area contributed by atoms with Gasteiger partial charge in [0.1, 0.15) is 0 Å². The van der Waals surface area contributed by atoms with E-state index in [9.17, 15) is 13.2 Å². The highest BCUT2D eigenvalue weighted by Gasteiger charge is 2.42. The fourth-order valence-corrected chi connectivity index (χ4v) is 6.44. The van der Waals surface area contributed by atoms with E-state index in [-0.39, 0.29) is 12.1 Å². The van der Waals surface area contributed by atoms with Crippen LogP contribution in [0.4, 0.5) is 11.4 Å². The number of nitrogens with one attached hydrogen (secondary N) is 2. The Labute approximate surface area is 245 Å². The zero-order valence-corrected chi connectivity index (χ0v) is 25.0. The number of sulfonamides is 1. The monoisotopic (exact) mass is 589 g/mol. The third kappa shape index (κ3) is 5.42. The maximum absolute atomic E-state index is 12.6. The summed E-state index contributed by atoms with van der Waals surface area (Å²) in [6, 6.07) is 20.2. The molecule has 1 fully saturated rings. The van der Waals surface area contributed by atoms with E-state index < -0.39 is 16.0 Å². The van der Waals surface area contributed by atoms with Crippen LogP contribution in [0, 0.1) is 20.8 Å². The number of pyridine rings is 1. The molecular formula is C30H31N5O4S2. The first-order chi connectivity index (χ1) is 19.5. The van der Waals surface area contributed by atoms with Gasteiger partial charge in [-0.3, -0.25) is 9.71 Å². The third-order valence-electron chi connectivity index (χ3n) is 7.22. The number of esters is 1. The second kappa shape index (κ2) is 11.0. The highest BCUT2D eigenvalue weighted by Crippen LogP contribution is 2.44. The SMILES string of the molecule is COC(=O)c1ccccc1-n1c(C)cc([C@H]2[C@@H](c3ccccn3)NC(=S)N2c2ccc(NS(C)(=O)=O)c(C)c2)c1C. The molecule has 0 bridgehead atoms. The molecule has 5 rings (SSSR count). The van der Waals surface area contributed by atoms with Gasteiger partial charge in [0.15, 0.2) is 5.11 Å². The number of ether oxygens (including phenoxy) is 1. The van der Waals surface area contributed by atoms with Gasteiger partial charge in [-0.15, -0.1) is 0 Å². The molecule has 41 heavy (non-hydrogen) atoms. The fraction of sp³-hybridized carbons (Fsp3) is 0.233. The Balaban J connectivity index is 1.67. The molecule has 1 saturated heterocycles. The normalized spacial score (nSPS) is 16.9. The average molecular weight is 590 g/mol. The van der Waals surface area contributed by atoms with Gasteiger partial charge in [-0.1, -0.05) is 18.2 Å². The summed E-state index contributed by atoms with van der Waals surface area (Å²) in [5.41, 5.74) is 6.97. The smallest absolute Gasteiger partial charge is 0.339 e. The summed E-state index contributed by atoms with van der Waals surface area (Å²) in [5, 5.41) is 4.00. The molecule has 9 nitrogen and oxygen atoms in total. The predicted molar refractivity (Wildman–Crippen MR) is 164 cm³/mol. The molecule has 0 saturated carbocycles.